The van der Waals surface area contributed by atoms with Gasteiger partial charge in [-0.2, -0.15) is 0 Å². The first kappa shape index (κ1) is 9.97. The van der Waals surface area contributed by atoms with Crippen molar-refractivity contribution in [1.82, 2.24) is 0 Å². The quantitative estimate of drug-likeness (QED) is 0.574. The van der Waals surface area contributed by atoms with E-state index in [1.54, 1.807) is 6.07 Å². The summed E-state index contributed by atoms with van der Waals surface area (Å²) in [6.45, 7) is 0. The second-order valence-electron chi connectivity index (χ2n) is 2.83. The highest BCUT2D eigenvalue weighted by atomic mass is 35.5. The zero-order chi connectivity index (χ0) is 10.1. The number of alkyl halides is 1. The lowest BCUT2D eigenvalue weighted by Gasteiger charge is -1.91. The summed E-state index contributed by atoms with van der Waals surface area (Å²) in [5.74, 6) is 0.366. The number of aldehydes is 1. The third-order valence-corrected chi connectivity index (χ3v) is 3.84. The lowest BCUT2D eigenvalue weighted by atomic mass is 10.1. The molecule has 1 heterocycles. The molecule has 0 saturated carbocycles. The van der Waals surface area contributed by atoms with Gasteiger partial charge in [0, 0.05) is 25.5 Å². The van der Waals surface area contributed by atoms with Crippen LogP contribution >= 0.6 is 34.5 Å². The molecule has 0 N–H and O–H groups in total. The van der Waals surface area contributed by atoms with Crippen molar-refractivity contribution in [1.29, 1.82) is 0 Å². The molecule has 0 amide bonds. The molecule has 0 saturated heterocycles. The van der Waals surface area contributed by atoms with Crippen molar-refractivity contribution < 1.29 is 4.79 Å². The minimum absolute atomic E-state index is 0.366. The molecule has 14 heavy (non-hydrogen) atoms. The van der Waals surface area contributed by atoms with E-state index in [-0.39, 0.29) is 0 Å². The average Bonchev–Trinajstić information content (AvgIpc) is 2.54. The van der Waals surface area contributed by atoms with E-state index in [1.165, 1.54) is 11.3 Å². The van der Waals surface area contributed by atoms with E-state index in [1.807, 2.05) is 12.1 Å². The Bertz CT molecular complexity index is 490. The molecule has 0 aliphatic rings. The van der Waals surface area contributed by atoms with Crippen molar-refractivity contribution in [2.45, 2.75) is 5.88 Å². The Morgan fingerprint density at radius 1 is 1.43 bits per heavy atom. The van der Waals surface area contributed by atoms with Crippen molar-refractivity contribution in [3.63, 3.8) is 0 Å². The first-order chi connectivity index (χ1) is 6.76. The zero-order valence-corrected chi connectivity index (χ0v) is 9.42. The SMILES string of the molecule is O=Cc1c(CCl)sc2cc(Cl)ccc12. The van der Waals surface area contributed by atoms with Crippen molar-refractivity contribution in [2.75, 3.05) is 0 Å². The molecule has 72 valence electrons. The van der Waals surface area contributed by atoms with Crippen molar-refractivity contribution in [3.05, 3.63) is 33.7 Å². The maximum absolute atomic E-state index is 10.9. The Balaban J connectivity index is 2.79. The number of fused-ring (bicyclic) bond motifs is 1. The first-order valence-corrected chi connectivity index (χ1v) is 5.71. The highest BCUT2D eigenvalue weighted by Crippen LogP contribution is 2.32. The summed E-state index contributed by atoms with van der Waals surface area (Å²) in [7, 11) is 0. The van der Waals surface area contributed by atoms with Gasteiger partial charge in [-0.1, -0.05) is 17.7 Å². The molecule has 1 aromatic heterocycles. The molecule has 1 aromatic carbocycles. The van der Waals surface area contributed by atoms with Gasteiger partial charge in [0.25, 0.3) is 0 Å². The van der Waals surface area contributed by atoms with Crippen LogP contribution in [0, 0.1) is 0 Å². The van der Waals surface area contributed by atoms with E-state index in [0.717, 1.165) is 21.2 Å². The molecule has 2 rings (SSSR count). The Morgan fingerprint density at radius 2 is 2.21 bits per heavy atom. The van der Waals surface area contributed by atoms with Crippen LogP contribution in [0.25, 0.3) is 10.1 Å². The molecule has 4 heteroatoms. The molecule has 0 aliphatic carbocycles. The van der Waals surface area contributed by atoms with Crippen LogP contribution < -0.4 is 0 Å². The fraction of sp³-hybridized carbons (Fsp3) is 0.100. The predicted octanol–water partition coefficient (Wildman–Crippen LogP) is 4.11. The minimum Gasteiger partial charge on any atom is -0.298 e. The van der Waals surface area contributed by atoms with E-state index in [0.29, 0.717) is 16.5 Å². The van der Waals surface area contributed by atoms with Gasteiger partial charge in [-0.15, -0.1) is 22.9 Å². The van der Waals surface area contributed by atoms with Crippen LogP contribution in [0.5, 0.6) is 0 Å². The van der Waals surface area contributed by atoms with Gasteiger partial charge in [0.05, 0.1) is 5.88 Å². The summed E-state index contributed by atoms with van der Waals surface area (Å²) in [5, 5.41) is 1.61. The van der Waals surface area contributed by atoms with Crippen LogP contribution in [0.3, 0.4) is 0 Å². The van der Waals surface area contributed by atoms with Gasteiger partial charge in [0.1, 0.15) is 0 Å². The third-order valence-electron chi connectivity index (χ3n) is 2.01. The largest absolute Gasteiger partial charge is 0.298 e. The van der Waals surface area contributed by atoms with E-state index < -0.39 is 0 Å². The number of hydrogen-bond donors (Lipinski definition) is 0. The van der Waals surface area contributed by atoms with Gasteiger partial charge in [0.2, 0.25) is 0 Å². The predicted molar refractivity (Wildman–Crippen MR) is 61.8 cm³/mol. The van der Waals surface area contributed by atoms with Gasteiger partial charge in [-0.05, 0) is 12.1 Å². The Labute approximate surface area is 95.3 Å². The van der Waals surface area contributed by atoms with Crippen LogP contribution in [0.1, 0.15) is 15.2 Å². The smallest absolute Gasteiger partial charge is 0.151 e. The first-order valence-electron chi connectivity index (χ1n) is 3.98. The summed E-state index contributed by atoms with van der Waals surface area (Å²) in [6.07, 6.45) is 0.852. The Kier molecular flexibility index (Phi) is 2.77. The molecular weight excluding hydrogens is 239 g/mol. The molecule has 0 fully saturated rings. The summed E-state index contributed by atoms with van der Waals surface area (Å²) >= 11 is 13.1. The molecule has 0 unspecified atom stereocenters. The van der Waals surface area contributed by atoms with E-state index in [2.05, 4.69) is 0 Å². The summed E-state index contributed by atoms with van der Waals surface area (Å²) in [4.78, 5) is 11.8. The van der Waals surface area contributed by atoms with E-state index in [4.69, 9.17) is 23.2 Å². The van der Waals surface area contributed by atoms with Crippen molar-refractivity contribution in [2.24, 2.45) is 0 Å². The average molecular weight is 245 g/mol. The highest BCUT2D eigenvalue weighted by molar-refractivity contribution is 7.19. The molecule has 0 radical (unpaired) electrons. The summed E-state index contributed by atoms with van der Waals surface area (Å²) in [6, 6.07) is 5.49. The number of carbonyl (C=O) groups excluding carboxylic acids is 1. The van der Waals surface area contributed by atoms with Crippen LogP contribution in [-0.2, 0) is 5.88 Å². The van der Waals surface area contributed by atoms with Gasteiger partial charge in [-0.3, -0.25) is 4.79 Å². The number of thiophene rings is 1. The maximum Gasteiger partial charge on any atom is 0.151 e. The maximum atomic E-state index is 10.9. The topological polar surface area (TPSA) is 17.1 Å². The molecule has 1 nitrogen and oxygen atoms in total. The van der Waals surface area contributed by atoms with Crippen LogP contribution in [-0.4, -0.2) is 6.29 Å². The van der Waals surface area contributed by atoms with Gasteiger partial charge >= 0.3 is 0 Å². The fourth-order valence-electron chi connectivity index (χ4n) is 1.37. The normalized spacial score (nSPS) is 10.7. The standard InChI is InChI=1S/C10H6Cl2OS/c11-4-10-8(5-13)7-2-1-6(12)3-9(7)14-10/h1-3,5H,4H2. The number of halogens is 2. The lowest BCUT2D eigenvalue weighted by molar-refractivity contribution is 0.112. The van der Waals surface area contributed by atoms with Gasteiger partial charge in [-0.25, -0.2) is 0 Å². The number of hydrogen-bond acceptors (Lipinski definition) is 2. The third kappa shape index (κ3) is 1.54. The highest BCUT2D eigenvalue weighted by Gasteiger charge is 2.10. The second-order valence-corrected chi connectivity index (χ2v) is 4.67. The molecule has 0 atom stereocenters. The van der Waals surface area contributed by atoms with E-state index in [9.17, 15) is 4.79 Å². The molecular formula is C10H6Cl2OS. The number of carbonyl (C=O) groups is 1. The second kappa shape index (κ2) is 3.89. The van der Waals surface area contributed by atoms with Gasteiger partial charge in [0.15, 0.2) is 6.29 Å². The Hall–Kier alpha value is -0.570. The zero-order valence-electron chi connectivity index (χ0n) is 7.09. The minimum atomic E-state index is 0.366. The van der Waals surface area contributed by atoms with E-state index >= 15 is 0 Å². The lowest BCUT2D eigenvalue weighted by Crippen LogP contribution is -1.81. The fourth-order valence-corrected chi connectivity index (χ4v) is 2.98. The Morgan fingerprint density at radius 3 is 2.86 bits per heavy atom. The monoisotopic (exact) mass is 244 g/mol. The number of benzene rings is 1. The van der Waals surface area contributed by atoms with Gasteiger partial charge < -0.3 is 0 Å². The van der Waals surface area contributed by atoms with Crippen LogP contribution in [0.2, 0.25) is 5.02 Å². The summed E-state index contributed by atoms with van der Waals surface area (Å²) < 4.78 is 1.01. The molecule has 0 spiro atoms. The van der Waals surface area contributed by atoms with Crippen LogP contribution in [0.15, 0.2) is 18.2 Å². The summed E-state index contributed by atoms with van der Waals surface area (Å²) in [5.41, 5.74) is 0.691. The number of rotatable bonds is 2. The van der Waals surface area contributed by atoms with Crippen molar-refractivity contribution >= 4 is 50.9 Å². The molecule has 2 aromatic rings. The van der Waals surface area contributed by atoms with Crippen molar-refractivity contribution in [3.8, 4) is 0 Å². The molecule has 0 aliphatic heterocycles. The van der Waals surface area contributed by atoms with Crippen LogP contribution in [0.4, 0.5) is 0 Å². The molecule has 0 bridgehead atoms.